The molecule has 0 aliphatic carbocycles. The lowest BCUT2D eigenvalue weighted by Crippen LogP contribution is -2.58. The van der Waals surface area contributed by atoms with Gasteiger partial charge in [0.05, 0.1) is 9.88 Å². The Morgan fingerprint density at radius 3 is 2.36 bits per heavy atom. The summed E-state index contributed by atoms with van der Waals surface area (Å²) in [6, 6.07) is 16.3. The molecule has 2 aromatic carbocycles. The van der Waals surface area contributed by atoms with Crippen LogP contribution in [0, 0.1) is 5.41 Å². The normalized spacial score (nSPS) is 16.8. The number of likely N-dealkylation sites (tertiary alicyclic amines) is 1. The molecule has 0 saturated carbocycles. The first-order valence-electron chi connectivity index (χ1n) is 15.1. The third-order valence-electron chi connectivity index (χ3n) is 8.09. The van der Waals surface area contributed by atoms with E-state index in [1.807, 2.05) is 42.5 Å². The number of alkyl halides is 2. The van der Waals surface area contributed by atoms with Gasteiger partial charge >= 0.3 is 13.3 Å². The SMILES string of the molecule is CC(C)(C)C(NC(=O)c1cc2cc(C(F)(F)P(=O)(O)O)ccc2s1)C(=O)N1CCCCCC1C(=O)Nc1ccc(-c2ccccc2)s1. The second-order valence-corrected chi connectivity index (χ2v) is 16.5. The molecule has 2 aromatic heterocycles. The van der Waals surface area contributed by atoms with Crippen LogP contribution in [0.15, 0.2) is 66.7 Å². The molecule has 47 heavy (non-hydrogen) atoms. The molecule has 5 rings (SSSR count). The largest absolute Gasteiger partial charge is 0.399 e. The van der Waals surface area contributed by atoms with Crippen LogP contribution in [0.5, 0.6) is 0 Å². The molecule has 1 aliphatic heterocycles. The number of anilines is 1. The van der Waals surface area contributed by atoms with Crippen LogP contribution >= 0.6 is 30.3 Å². The summed E-state index contributed by atoms with van der Waals surface area (Å²) in [4.78, 5) is 62.4. The Kier molecular flexibility index (Phi) is 10.1. The van der Waals surface area contributed by atoms with Gasteiger partial charge in [-0.2, -0.15) is 8.78 Å². The maximum absolute atomic E-state index is 14.3. The summed E-state index contributed by atoms with van der Waals surface area (Å²) in [7, 11) is -5.77. The third-order valence-corrected chi connectivity index (χ3v) is 11.2. The number of benzene rings is 2. The molecular formula is C33H36F2N3O6PS2. The zero-order chi connectivity index (χ0) is 34.1. The molecule has 1 fully saturated rings. The Labute approximate surface area is 279 Å². The van der Waals surface area contributed by atoms with Crippen LogP contribution in [0.3, 0.4) is 0 Å². The molecular weight excluding hydrogens is 667 g/mol. The molecule has 14 heteroatoms. The van der Waals surface area contributed by atoms with Gasteiger partial charge in [0.2, 0.25) is 11.8 Å². The molecule has 0 radical (unpaired) electrons. The first kappa shape index (κ1) is 34.8. The second-order valence-electron chi connectivity index (χ2n) is 12.6. The number of rotatable bonds is 8. The number of carbonyl (C=O) groups excluding carboxylic acids is 3. The lowest BCUT2D eigenvalue weighted by Gasteiger charge is -2.37. The maximum atomic E-state index is 14.3. The molecule has 4 N–H and O–H groups in total. The monoisotopic (exact) mass is 703 g/mol. The highest BCUT2D eigenvalue weighted by molar-refractivity contribution is 7.52. The van der Waals surface area contributed by atoms with Gasteiger partial charge in [0.25, 0.3) is 5.91 Å². The summed E-state index contributed by atoms with van der Waals surface area (Å²) >= 11 is 2.45. The fourth-order valence-corrected chi connectivity index (χ4v) is 7.88. The van der Waals surface area contributed by atoms with Gasteiger partial charge < -0.3 is 25.3 Å². The topological polar surface area (TPSA) is 136 Å². The van der Waals surface area contributed by atoms with Gasteiger partial charge in [-0.3, -0.25) is 18.9 Å². The van der Waals surface area contributed by atoms with Crippen molar-refractivity contribution < 1.29 is 37.5 Å². The van der Waals surface area contributed by atoms with E-state index in [0.717, 1.165) is 46.8 Å². The van der Waals surface area contributed by atoms with Gasteiger partial charge in [-0.15, -0.1) is 22.7 Å². The van der Waals surface area contributed by atoms with Crippen LogP contribution in [0.1, 0.15) is 61.7 Å². The predicted molar refractivity (Wildman–Crippen MR) is 181 cm³/mol. The van der Waals surface area contributed by atoms with E-state index in [9.17, 15) is 27.7 Å². The highest BCUT2D eigenvalue weighted by Crippen LogP contribution is 2.59. The smallest absolute Gasteiger partial charge is 0.339 e. The van der Waals surface area contributed by atoms with Crippen LogP contribution in [0.25, 0.3) is 20.5 Å². The number of carbonyl (C=O) groups is 3. The molecule has 1 aliphatic rings. The van der Waals surface area contributed by atoms with Crippen molar-refractivity contribution in [1.82, 2.24) is 10.2 Å². The highest BCUT2D eigenvalue weighted by Gasteiger charge is 2.50. The molecule has 2 unspecified atom stereocenters. The molecule has 3 heterocycles. The van der Waals surface area contributed by atoms with Crippen molar-refractivity contribution in [2.24, 2.45) is 5.41 Å². The zero-order valence-electron chi connectivity index (χ0n) is 26.0. The number of nitrogens with one attached hydrogen (secondary N) is 2. The van der Waals surface area contributed by atoms with Crippen LogP contribution in [0.2, 0.25) is 0 Å². The number of hydrogen-bond acceptors (Lipinski definition) is 6. The average molecular weight is 704 g/mol. The van der Waals surface area contributed by atoms with Crippen LogP contribution in [-0.4, -0.2) is 51.0 Å². The highest BCUT2D eigenvalue weighted by atomic mass is 32.1. The standard InChI is InChI=1S/C33H36F2N3O6PS2/c1-32(2,3)28(37-30(40)26-19-21-18-22(13-14-25(21)46-26)33(34,35)45(42,43)44)31(41)38-17-9-5-8-12-23(38)29(39)36-27-16-15-24(47-27)20-10-6-4-7-11-20/h4,6-7,10-11,13-16,18-19,23,28H,5,8-9,12,17H2,1-3H3,(H,36,39)(H,37,40)(H2,42,43,44). The van der Waals surface area contributed by atoms with Gasteiger partial charge in [0.15, 0.2) is 0 Å². The van der Waals surface area contributed by atoms with E-state index in [0.29, 0.717) is 29.1 Å². The van der Waals surface area contributed by atoms with Gasteiger partial charge in [-0.1, -0.05) is 70.0 Å². The van der Waals surface area contributed by atoms with E-state index in [-0.39, 0.29) is 16.2 Å². The Balaban J connectivity index is 1.35. The number of amides is 3. The van der Waals surface area contributed by atoms with Gasteiger partial charge in [0, 0.05) is 21.7 Å². The Morgan fingerprint density at radius 2 is 1.68 bits per heavy atom. The third kappa shape index (κ3) is 7.65. The summed E-state index contributed by atoms with van der Waals surface area (Å²) in [6.45, 7) is 5.76. The molecule has 3 amide bonds. The van der Waals surface area contributed by atoms with E-state index < -0.39 is 48.1 Å². The van der Waals surface area contributed by atoms with Crippen molar-refractivity contribution in [1.29, 1.82) is 0 Å². The van der Waals surface area contributed by atoms with Crippen LogP contribution < -0.4 is 10.6 Å². The lowest BCUT2D eigenvalue weighted by molar-refractivity contribution is -0.142. The summed E-state index contributed by atoms with van der Waals surface area (Å²) in [5.41, 5.74) is -4.98. The number of halogens is 2. The summed E-state index contributed by atoms with van der Waals surface area (Å²) < 4.78 is 40.5. The Hall–Kier alpha value is -3.48. The molecule has 2 atom stereocenters. The van der Waals surface area contributed by atoms with Crippen molar-refractivity contribution in [3.63, 3.8) is 0 Å². The van der Waals surface area contributed by atoms with Crippen molar-refractivity contribution >= 4 is 63.1 Å². The van der Waals surface area contributed by atoms with E-state index in [4.69, 9.17) is 9.79 Å². The average Bonchev–Trinajstić information content (AvgIpc) is 3.58. The summed E-state index contributed by atoms with van der Waals surface area (Å²) in [5, 5.41) is 6.70. The number of nitrogens with zero attached hydrogens (tertiary/aromatic N) is 1. The number of fused-ring (bicyclic) bond motifs is 1. The van der Waals surface area contributed by atoms with Gasteiger partial charge in [-0.25, -0.2) is 0 Å². The lowest BCUT2D eigenvalue weighted by atomic mass is 9.85. The second kappa shape index (κ2) is 13.6. The predicted octanol–water partition coefficient (Wildman–Crippen LogP) is 7.41. The van der Waals surface area contributed by atoms with E-state index in [2.05, 4.69) is 10.6 Å². The summed E-state index contributed by atoms with van der Waals surface area (Å²) in [6.07, 6.45) is 2.79. The van der Waals surface area contributed by atoms with Crippen LogP contribution in [-0.2, 0) is 19.8 Å². The minimum absolute atomic E-state index is 0.135. The molecule has 0 spiro atoms. The minimum atomic E-state index is -5.77. The molecule has 9 nitrogen and oxygen atoms in total. The fraction of sp³-hybridized carbons (Fsp3) is 0.364. The summed E-state index contributed by atoms with van der Waals surface area (Å²) in [5.74, 6) is -1.30. The molecule has 0 bridgehead atoms. The fourth-order valence-electron chi connectivity index (χ4n) is 5.54. The Morgan fingerprint density at radius 1 is 0.957 bits per heavy atom. The van der Waals surface area contributed by atoms with Crippen molar-refractivity contribution in [2.75, 3.05) is 11.9 Å². The van der Waals surface area contributed by atoms with E-state index >= 15 is 0 Å². The number of hydrogen-bond donors (Lipinski definition) is 4. The van der Waals surface area contributed by atoms with Crippen molar-refractivity contribution in [3.8, 4) is 10.4 Å². The first-order chi connectivity index (χ1) is 22.1. The maximum Gasteiger partial charge on any atom is 0.399 e. The Bertz CT molecular complexity index is 1830. The van der Waals surface area contributed by atoms with Crippen LogP contribution in [0.4, 0.5) is 13.8 Å². The molecule has 4 aromatic rings. The van der Waals surface area contributed by atoms with Gasteiger partial charge in [-0.05, 0) is 59.5 Å². The molecule has 1 saturated heterocycles. The van der Waals surface area contributed by atoms with E-state index in [1.165, 1.54) is 23.5 Å². The number of thiophene rings is 2. The molecule has 250 valence electrons. The van der Waals surface area contributed by atoms with Gasteiger partial charge in [0.1, 0.15) is 12.1 Å². The van der Waals surface area contributed by atoms with E-state index in [1.54, 1.807) is 25.7 Å². The quantitative estimate of drug-likeness (QED) is 0.141. The van der Waals surface area contributed by atoms with Crippen molar-refractivity contribution in [2.45, 2.75) is 64.2 Å². The zero-order valence-corrected chi connectivity index (χ0v) is 28.6. The van der Waals surface area contributed by atoms with Crippen molar-refractivity contribution in [3.05, 3.63) is 77.2 Å². The minimum Gasteiger partial charge on any atom is -0.339 e. The first-order valence-corrected chi connectivity index (χ1v) is 18.4.